The molecule has 0 atom stereocenters. The van der Waals surface area contributed by atoms with E-state index >= 15 is 0 Å². The number of anilines is 1. The number of pyridine rings is 1. The summed E-state index contributed by atoms with van der Waals surface area (Å²) in [7, 11) is 0. The van der Waals surface area contributed by atoms with Crippen molar-refractivity contribution in [3.8, 4) is 17.1 Å². The number of carbonyl (C=O) groups excluding carboxylic acids is 1. The fourth-order valence-corrected chi connectivity index (χ4v) is 2.44. The van der Waals surface area contributed by atoms with Crippen molar-refractivity contribution in [2.75, 3.05) is 5.73 Å². The molecule has 138 valence electrons. The maximum atomic E-state index is 12.7. The van der Waals surface area contributed by atoms with Crippen LogP contribution in [-0.2, 0) is 0 Å². The molecule has 11 nitrogen and oxygen atoms in total. The highest BCUT2D eigenvalue weighted by Crippen LogP contribution is 2.26. The lowest BCUT2D eigenvalue weighted by molar-refractivity contribution is 0.0950. The van der Waals surface area contributed by atoms with Gasteiger partial charge in [-0.05, 0) is 28.0 Å². The van der Waals surface area contributed by atoms with E-state index in [1.165, 1.54) is 10.9 Å². The lowest BCUT2D eigenvalue weighted by Gasteiger charge is -2.05. The smallest absolute Gasteiger partial charge is 0.294 e. The van der Waals surface area contributed by atoms with E-state index in [1.807, 2.05) is 18.2 Å². The van der Waals surface area contributed by atoms with Gasteiger partial charge >= 0.3 is 0 Å². The molecule has 28 heavy (non-hydrogen) atoms. The van der Waals surface area contributed by atoms with Crippen LogP contribution in [0.4, 0.5) is 5.82 Å². The highest BCUT2D eigenvalue weighted by atomic mass is 16.6. The van der Waals surface area contributed by atoms with Gasteiger partial charge in [-0.3, -0.25) is 9.78 Å². The first-order valence-electron chi connectivity index (χ1n) is 8.07. The molecule has 0 aliphatic rings. The van der Waals surface area contributed by atoms with Crippen LogP contribution in [0.1, 0.15) is 16.1 Å². The first kappa shape index (κ1) is 17.0. The van der Waals surface area contributed by atoms with Crippen LogP contribution in [-0.4, -0.2) is 42.4 Å². The van der Waals surface area contributed by atoms with Crippen molar-refractivity contribution < 1.29 is 9.42 Å². The predicted molar refractivity (Wildman–Crippen MR) is 98.4 cm³/mol. The summed E-state index contributed by atoms with van der Waals surface area (Å²) in [5.41, 5.74) is 10.1. The monoisotopic (exact) mass is 375 g/mol. The molecule has 11 heteroatoms. The predicted octanol–water partition coefficient (Wildman–Crippen LogP) is 1.06. The summed E-state index contributed by atoms with van der Waals surface area (Å²) in [4.78, 5) is 16.6. The molecule has 4 aromatic rings. The SMILES string of the molecule is Nc1nonc1-n1nnc(C(=O)N/N=C\c2ccncc2)c1-c1ccccc1. The zero-order valence-electron chi connectivity index (χ0n) is 14.3. The van der Waals surface area contributed by atoms with Gasteiger partial charge in [0.2, 0.25) is 11.6 Å². The van der Waals surface area contributed by atoms with Gasteiger partial charge in [0, 0.05) is 18.0 Å². The average molecular weight is 375 g/mol. The number of aromatic nitrogens is 6. The summed E-state index contributed by atoms with van der Waals surface area (Å²) in [6.07, 6.45) is 4.74. The number of nitrogen functional groups attached to an aromatic ring is 1. The van der Waals surface area contributed by atoms with E-state index < -0.39 is 5.91 Å². The fourth-order valence-electron chi connectivity index (χ4n) is 2.44. The number of benzene rings is 1. The van der Waals surface area contributed by atoms with E-state index in [4.69, 9.17) is 5.73 Å². The van der Waals surface area contributed by atoms with E-state index in [0.29, 0.717) is 11.3 Å². The van der Waals surface area contributed by atoms with Crippen molar-refractivity contribution in [3.05, 3.63) is 66.1 Å². The van der Waals surface area contributed by atoms with Crippen LogP contribution in [0, 0.1) is 0 Å². The van der Waals surface area contributed by atoms with Crippen LogP contribution >= 0.6 is 0 Å². The van der Waals surface area contributed by atoms with E-state index in [-0.39, 0.29) is 17.3 Å². The number of nitrogens with one attached hydrogen (secondary N) is 1. The van der Waals surface area contributed by atoms with E-state index in [2.05, 4.69) is 40.8 Å². The van der Waals surface area contributed by atoms with Crippen LogP contribution < -0.4 is 11.2 Å². The summed E-state index contributed by atoms with van der Waals surface area (Å²) < 4.78 is 5.93. The molecule has 3 aromatic heterocycles. The molecular weight excluding hydrogens is 362 g/mol. The molecule has 1 amide bonds. The van der Waals surface area contributed by atoms with Crippen LogP contribution in [0.5, 0.6) is 0 Å². The Labute approximate surface area is 157 Å². The zero-order chi connectivity index (χ0) is 19.3. The Bertz CT molecular complexity index is 1120. The van der Waals surface area contributed by atoms with Gasteiger partial charge < -0.3 is 5.73 Å². The maximum absolute atomic E-state index is 12.7. The fraction of sp³-hybridized carbons (Fsp3) is 0. The summed E-state index contributed by atoms with van der Waals surface area (Å²) in [5, 5.41) is 19.2. The molecular formula is C17H13N9O2. The van der Waals surface area contributed by atoms with Gasteiger partial charge in [-0.2, -0.15) is 9.78 Å². The number of amides is 1. The molecule has 0 radical (unpaired) electrons. The van der Waals surface area contributed by atoms with Crippen LogP contribution in [0.15, 0.2) is 64.6 Å². The van der Waals surface area contributed by atoms with Crippen molar-refractivity contribution in [2.45, 2.75) is 0 Å². The molecule has 3 N–H and O–H groups in total. The van der Waals surface area contributed by atoms with Crippen molar-refractivity contribution in [1.29, 1.82) is 0 Å². The maximum Gasteiger partial charge on any atom is 0.294 e. The molecule has 4 rings (SSSR count). The summed E-state index contributed by atoms with van der Waals surface area (Å²) in [6.45, 7) is 0. The third kappa shape index (κ3) is 3.31. The number of nitrogens with zero attached hydrogens (tertiary/aromatic N) is 7. The Kier molecular flexibility index (Phi) is 4.53. The summed E-state index contributed by atoms with van der Waals surface area (Å²) in [6, 6.07) is 12.6. The molecule has 0 bridgehead atoms. The Morgan fingerprint density at radius 3 is 2.64 bits per heavy atom. The van der Waals surface area contributed by atoms with Crippen molar-refractivity contribution in [3.63, 3.8) is 0 Å². The van der Waals surface area contributed by atoms with Gasteiger partial charge in [-0.15, -0.1) is 5.10 Å². The highest BCUT2D eigenvalue weighted by molar-refractivity contribution is 5.98. The van der Waals surface area contributed by atoms with Crippen LogP contribution in [0.2, 0.25) is 0 Å². The normalized spacial score (nSPS) is 11.0. The molecule has 0 fully saturated rings. The quantitative estimate of drug-likeness (QED) is 0.388. The first-order chi connectivity index (χ1) is 13.7. The second kappa shape index (κ2) is 7.45. The van der Waals surface area contributed by atoms with Gasteiger partial charge in [0.05, 0.1) is 6.21 Å². The number of rotatable bonds is 5. The Morgan fingerprint density at radius 1 is 1.14 bits per heavy atom. The van der Waals surface area contributed by atoms with Crippen LogP contribution in [0.3, 0.4) is 0 Å². The summed E-state index contributed by atoms with van der Waals surface area (Å²) in [5.74, 6) is -0.402. The van der Waals surface area contributed by atoms with Crippen LogP contribution in [0.25, 0.3) is 17.1 Å². The topological polar surface area (TPSA) is 150 Å². The van der Waals surface area contributed by atoms with E-state index in [0.717, 1.165) is 5.56 Å². The molecule has 3 heterocycles. The molecule has 1 aromatic carbocycles. The summed E-state index contributed by atoms with van der Waals surface area (Å²) >= 11 is 0. The Morgan fingerprint density at radius 2 is 1.93 bits per heavy atom. The largest absolute Gasteiger partial charge is 0.378 e. The van der Waals surface area contributed by atoms with E-state index in [1.54, 1.807) is 36.7 Å². The van der Waals surface area contributed by atoms with Crippen molar-refractivity contribution in [1.82, 2.24) is 35.7 Å². The standard InChI is InChI=1S/C17H13N9O2/c18-15-16(24-28-23-15)26-14(12-4-2-1-3-5-12)13(21-25-26)17(27)22-20-10-11-6-8-19-9-7-11/h1-10H,(H2,18,23)(H,22,27)/b20-10-. The van der Waals surface area contributed by atoms with Gasteiger partial charge in [0.1, 0.15) is 5.69 Å². The minimum atomic E-state index is -0.551. The minimum Gasteiger partial charge on any atom is -0.378 e. The van der Waals surface area contributed by atoms with Crippen molar-refractivity contribution >= 4 is 17.9 Å². The number of hydrazone groups is 1. The average Bonchev–Trinajstić information content (AvgIpc) is 3.35. The third-order valence-corrected chi connectivity index (χ3v) is 3.71. The molecule has 0 spiro atoms. The highest BCUT2D eigenvalue weighted by Gasteiger charge is 2.24. The van der Waals surface area contributed by atoms with Gasteiger partial charge in [-0.25, -0.2) is 10.1 Å². The molecule has 0 saturated heterocycles. The first-order valence-corrected chi connectivity index (χ1v) is 8.07. The number of hydrogen-bond donors (Lipinski definition) is 2. The number of hydrogen-bond acceptors (Lipinski definition) is 9. The third-order valence-electron chi connectivity index (χ3n) is 3.71. The van der Waals surface area contributed by atoms with Gasteiger partial charge in [0.15, 0.2) is 5.69 Å². The lowest BCUT2D eigenvalue weighted by Crippen LogP contribution is -2.19. The molecule has 0 unspecified atom stereocenters. The molecule has 0 aliphatic heterocycles. The minimum absolute atomic E-state index is 0.0183. The van der Waals surface area contributed by atoms with Gasteiger partial charge in [-0.1, -0.05) is 35.5 Å². The van der Waals surface area contributed by atoms with E-state index in [9.17, 15) is 4.79 Å². The Hall–Kier alpha value is -4.41. The molecule has 0 aliphatic carbocycles. The second-order valence-electron chi connectivity index (χ2n) is 5.52. The van der Waals surface area contributed by atoms with Crippen molar-refractivity contribution in [2.24, 2.45) is 5.10 Å². The molecule has 0 saturated carbocycles. The zero-order valence-corrected chi connectivity index (χ0v) is 14.3. The lowest BCUT2D eigenvalue weighted by atomic mass is 10.1. The Balaban J connectivity index is 1.69. The van der Waals surface area contributed by atoms with Gasteiger partial charge in [0.25, 0.3) is 5.91 Å². The second-order valence-corrected chi connectivity index (χ2v) is 5.52. The number of nitrogens with two attached hydrogens (primary N) is 1. The number of carbonyl (C=O) groups is 1.